The predicted molar refractivity (Wildman–Crippen MR) is 111 cm³/mol. The Balaban J connectivity index is 0.00000289. The van der Waals surface area contributed by atoms with Gasteiger partial charge in [0.25, 0.3) is 0 Å². The second-order valence-electron chi connectivity index (χ2n) is 7.43. The van der Waals surface area contributed by atoms with Crippen molar-refractivity contribution in [1.29, 1.82) is 0 Å². The minimum Gasteiger partial charge on any atom is -0.528 e. The van der Waals surface area contributed by atoms with Crippen molar-refractivity contribution in [2.75, 3.05) is 25.5 Å². The SMILES string of the molecule is CN(C)S(=O)(=O)[N-]C(=O)c1cnn2ccc(N3CCC[C@@H]3c3cccc(F)c3)c(F)c12.[Na+]. The zero-order valence-electron chi connectivity index (χ0n) is 17.9. The number of anilines is 1. The van der Waals surface area contributed by atoms with Crippen LogP contribution in [0.25, 0.3) is 10.2 Å². The number of amides is 1. The van der Waals surface area contributed by atoms with E-state index in [0.29, 0.717) is 6.54 Å². The third-order valence-electron chi connectivity index (χ3n) is 5.29. The summed E-state index contributed by atoms with van der Waals surface area (Å²) in [5, 5.41) is 3.95. The zero-order valence-corrected chi connectivity index (χ0v) is 20.7. The topological polar surface area (TPSA) is 89.1 Å². The van der Waals surface area contributed by atoms with Gasteiger partial charge in [0.15, 0.2) is 16.0 Å². The van der Waals surface area contributed by atoms with Crippen LogP contribution in [0.1, 0.15) is 34.8 Å². The number of halogens is 2. The van der Waals surface area contributed by atoms with Crippen molar-refractivity contribution in [3.63, 3.8) is 0 Å². The van der Waals surface area contributed by atoms with Gasteiger partial charge in [0, 0.05) is 32.4 Å². The molecular weight excluding hydrogens is 451 g/mol. The summed E-state index contributed by atoms with van der Waals surface area (Å²) in [6.07, 6.45) is 4.09. The molecule has 0 radical (unpaired) electrons. The van der Waals surface area contributed by atoms with Gasteiger partial charge in [-0.3, -0.25) is 0 Å². The fourth-order valence-electron chi connectivity index (χ4n) is 3.76. The minimum absolute atomic E-state index is 0. The van der Waals surface area contributed by atoms with Gasteiger partial charge in [0.2, 0.25) is 0 Å². The largest absolute Gasteiger partial charge is 1.00 e. The Morgan fingerprint density at radius 2 is 2.00 bits per heavy atom. The van der Waals surface area contributed by atoms with E-state index in [9.17, 15) is 17.6 Å². The molecule has 8 nitrogen and oxygen atoms in total. The quantitative estimate of drug-likeness (QED) is 0.499. The van der Waals surface area contributed by atoms with Crippen LogP contribution in [-0.4, -0.2) is 48.9 Å². The molecule has 0 aliphatic carbocycles. The van der Waals surface area contributed by atoms with Crippen molar-refractivity contribution in [3.05, 3.63) is 70.2 Å². The van der Waals surface area contributed by atoms with Crippen LogP contribution in [0.15, 0.2) is 42.7 Å². The summed E-state index contributed by atoms with van der Waals surface area (Å²) in [5.74, 6) is -2.19. The van der Waals surface area contributed by atoms with Crippen LogP contribution in [0.5, 0.6) is 0 Å². The normalized spacial score (nSPS) is 16.4. The third kappa shape index (κ3) is 4.53. The van der Waals surface area contributed by atoms with Crippen LogP contribution in [0, 0.1) is 11.6 Å². The van der Waals surface area contributed by atoms with Gasteiger partial charge in [-0.05, 0) is 36.6 Å². The molecule has 0 spiro atoms. The average Bonchev–Trinajstić information content (AvgIpc) is 3.35. The summed E-state index contributed by atoms with van der Waals surface area (Å²) in [4.78, 5) is 14.3. The number of pyridine rings is 1. The van der Waals surface area contributed by atoms with Gasteiger partial charge in [-0.2, -0.15) is 5.10 Å². The number of benzene rings is 1. The molecule has 1 aromatic carbocycles. The molecule has 0 bridgehead atoms. The average molecular weight is 471 g/mol. The Kier molecular flexibility index (Phi) is 7.25. The second kappa shape index (κ2) is 9.44. The maximum atomic E-state index is 15.6. The summed E-state index contributed by atoms with van der Waals surface area (Å²) >= 11 is 0. The molecule has 32 heavy (non-hydrogen) atoms. The Labute approximate surface area is 206 Å². The van der Waals surface area contributed by atoms with Crippen LogP contribution in [0.4, 0.5) is 14.5 Å². The van der Waals surface area contributed by atoms with Gasteiger partial charge < -0.3 is 14.4 Å². The molecule has 1 saturated heterocycles. The van der Waals surface area contributed by atoms with Crippen molar-refractivity contribution in [2.45, 2.75) is 18.9 Å². The fourth-order valence-corrected chi connectivity index (χ4v) is 4.23. The van der Waals surface area contributed by atoms with Crippen LogP contribution in [-0.2, 0) is 10.2 Å². The molecule has 164 valence electrons. The van der Waals surface area contributed by atoms with Gasteiger partial charge in [0.1, 0.15) is 11.3 Å². The smallest absolute Gasteiger partial charge is 0.528 e. The van der Waals surface area contributed by atoms with Crippen molar-refractivity contribution in [2.24, 2.45) is 0 Å². The molecular formula is C20H20F2N5NaO3S. The Morgan fingerprint density at radius 1 is 1.25 bits per heavy atom. The van der Waals surface area contributed by atoms with Crippen LogP contribution >= 0.6 is 0 Å². The number of carbonyl (C=O) groups excluding carboxylic acids is 1. The van der Waals surface area contributed by atoms with Gasteiger partial charge >= 0.3 is 29.6 Å². The molecule has 1 aliphatic heterocycles. The van der Waals surface area contributed by atoms with E-state index in [4.69, 9.17) is 0 Å². The molecule has 3 aromatic rings. The molecule has 2 aromatic heterocycles. The van der Waals surface area contributed by atoms with Crippen LogP contribution in [0.3, 0.4) is 0 Å². The first-order valence-electron chi connectivity index (χ1n) is 9.57. The number of hydrogen-bond acceptors (Lipinski definition) is 5. The molecule has 4 rings (SSSR count). The van der Waals surface area contributed by atoms with Crippen LogP contribution in [0.2, 0.25) is 0 Å². The Bertz CT molecular complexity index is 1270. The van der Waals surface area contributed by atoms with Crippen molar-refractivity contribution in [3.8, 4) is 0 Å². The molecule has 0 saturated carbocycles. The van der Waals surface area contributed by atoms with E-state index in [-0.39, 0.29) is 58.2 Å². The molecule has 0 unspecified atom stereocenters. The van der Waals surface area contributed by atoms with Crippen molar-refractivity contribution < 1.29 is 51.6 Å². The standard InChI is InChI=1S/C20H21F2N5O3S.Na/c1-25(2)31(29,30)24-20(28)15-12-23-27-10-8-17(18(22)19(15)27)26-9-4-7-16(26)13-5-3-6-14(21)11-13;/h3,5-6,8,10-12,16H,4,7,9H2,1-2H3,(H,24,28);/q;+1/p-1/t16-;/m1./s1. The summed E-state index contributed by atoms with van der Waals surface area (Å²) in [7, 11) is -1.70. The Morgan fingerprint density at radius 3 is 2.69 bits per heavy atom. The number of rotatable bonds is 5. The maximum absolute atomic E-state index is 15.6. The molecule has 1 fully saturated rings. The first-order valence-corrected chi connectivity index (χ1v) is 11.0. The van der Waals surface area contributed by atoms with Crippen molar-refractivity contribution >= 4 is 27.3 Å². The minimum atomic E-state index is -4.18. The van der Waals surface area contributed by atoms with Gasteiger partial charge in [-0.15, -0.1) is 0 Å². The van der Waals surface area contributed by atoms with E-state index in [2.05, 4.69) is 9.82 Å². The molecule has 0 N–H and O–H groups in total. The van der Waals surface area contributed by atoms with E-state index < -0.39 is 21.9 Å². The number of fused-ring (bicyclic) bond motifs is 1. The number of carbonyl (C=O) groups is 1. The predicted octanol–water partition coefficient (Wildman–Crippen LogP) is 0.278. The van der Waals surface area contributed by atoms with Crippen molar-refractivity contribution in [1.82, 2.24) is 13.9 Å². The number of hydrogen-bond donors (Lipinski definition) is 0. The summed E-state index contributed by atoms with van der Waals surface area (Å²) in [6, 6.07) is 7.49. The number of aromatic nitrogens is 2. The monoisotopic (exact) mass is 471 g/mol. The van der Waals surface area contributed by atoms with E-state index in [0.717, 1.165) is 33.4 Å². The first kappa shape index (κ1) is 24.6. The molecule has 1 aliphatic rings. The first-order chi connectivity index (χ1) is 14.7. The third-order valence-corrected chi connectivity index (χ3v) is 6.61. The summed E-state index contributed by atoms with van der Waals surface area (Å²) in [5.41, 5.74) is 0.536. The zero-order chi connectivity index (χ0) is 22.3. The summed E-state index contributed by atoms with van der Waals surface area (Å²) < 4.78 is 58.4. The van der Waals surface area contributed by atoms with E-state index in [1.165, 1.54) is 38.5 Å². The summed E-state index contributed by atoms with van der Waals surface area (Å²) in [6.45, 7) is 0.547. The van der Waals surface area contributed by atoms with Gasteiger partial charge in [-0.1, -0.05) is 12.1 Å². The van der Waals surface area contributed by atoms with Crippen LogP contribution < -0.4 is 34.5 Å². The number of nitrogens with zero attached hydrogens (tertiary/aromatic N) is 5. The van der Waals surface area contributed by atoms with Gasteiger partial charge in [-0.25, -0.2) is 26.0 Å². The molecule has 1 atom stereocenters. The fraction of sp³-hybridized carbons (Fsp3) is 0.300. The van der Waals surface area contributed by atoms with E-state index in [1.807, 2.05) is 4.90 Å². The second-order valence-corrected chi connectivity index (χ2v) is 9.24. The van der Waals surface area contributed by atoms with E-state index >= 15 is 4.39 Å². The molecule has 1 amide bonds. The van der Waals surface area contributed by atoms with E-state index in [1.54, 1.807) is 12.1 Å². The molecule has 12 heteroatoms. The Hall–Kier alpha value is -2.05. The van der Waals surface area contributed by atoms with Gasteiger partial charge in [0.05, 0.1) is 23.8 Å². The molecule has 3 heterocycles. The maximum Gasteiger partial charge on any atom is 1.00 e.